The highest BCUT2D eigenvalue weighted by Gasteiger charge is 2.19. The molecule has 0 saturated heterocycles. The summed E-state index contributed by atoms with van der Waals surface area (Å²) >= 11 is 0. The maximum absolute atomic E-state index is 12.4. The van der Waals surface area contributed by atoms with Crippen molar-refractivity contribution in [3.05, 3.63) is 60.2 Å². The molecule has 2 aromatic rings. The van der Waals surface area contributed by atoms with Crippen LogP contribution in [0.4, 0.5) is 0 Å². The Hall–Kier alpha value is -2.14. The first-order chi connectivity index (χ1) is 8.66. The van der Waals surface area contributed by atoms with Crippen LogP contribution in [0.5, 0.6) is 0 Å². The largest absolute Gasteiger partial charge is 0.323 e. The monoisotopic (exact) mass is 260 g/mol. The van der Waals surface area contributed by atoms with Gasteiger partial charge in [0.05, 0.1) is 16.0 Å². The van der Waals surface area contributed by atoms with Crippen LogP contribution >= 0.6 is 0 Å². The minimum atomic E-state index is -3.54. The van der Waals surface area contributed by atoms with Crippen molar-refractivity contribution in [3.63, 3.8) is 0 Å². The number of sulfone groups is 1. The number of rotatable bonds is 3. The molecule has 0 amide bonds. The van der Waals surface area contributed by atoms with Gasteiger partial charge in [0.1, 0.15) is 0 Å². The van der Waals surface area contributed by atoms with Crippen molar-refractivity contribution in [2.45, 2.75) is 9.79 Å². The third kappa shape index (κ3) is 2.26. The van der Waals surface area contributed by atoms with Crippen molar-refractivity contribution in [1.29, 1.82) is 0 Å². The Balaban J connectivity index is 2.62. The molecule has 0 aromatic heterocycles. The zero-order valence-electron chi connectivity index (χ0n) is 9.52. The summed E-state index contributed by atoms with van der Waals surface area (Å²) in [6, 6.07) is 14.9. The van der Waals surface area contributed by atoms with Gasteiger partial charge in [-0.3, -0.25) is 0 Å². The summed E-state index contributed by atoms with van der Waals surface area (Å²) in [5.74, 6) is 5.09. The maximum Gasteiger partial charge on any atom is 0.207 e. The van der Waals surface area contributed by atoms with E-state index in [2.05, 4.69) is 5.10 Å². The Morgan fingerprint density at radius 3 is 2.22 bits per heavy atom. The fourth-order valence-corrected chi connectivity index (χ4v) is 3.10. The fraction of sp³-hybridized carbons (Fsp3) is 0. The average molecular weight is 260 g/mol. The van der Waals surface area contributed by atoms with E-state index >= 15 is 0 Å². The van der Waals surface area contributed by atoms with Gasteiger partial charge >= 0.3 is 0 Å². The molecule has 2 aromatic carbocycles. The van der Waals surface area contributed by atoms with E-state index in [1.54, 1.807) is 54.6 Å². The van der Waals surface area contributed by atoms with Crippen molar-refractivity contribution in [2.75, 3.05) is 0 Å². The van der Waals surface area contributed by atoms with Crippen molar-refractivity contribution in [1.82, 2.24) is 0 Å². The number of nitrogens with zero attached hydrogens (tertiary/aromatic N) is 1. The van der Waals surface area contributed by atoms with E-state index in [1.165, 1.54) is 6.21 Å². The number of nitrogens with two attached hydrogens (primary N) is 1. The second-order valence-electron chi connectivity index (χ2n) is 3.63. The van der Waals surface area contributed by atoms with Crippen molar-refractivity contribution < 1.29 is 8.42 Å². The summed E-state index contributed by atoms with van der Waals surface area (Å²) in [6.45, 7) is 0. The van der Waals surface area contributed by atoms with E-state index in [9.17, 15) is 8.42 Å². The summed E-state index contributed by atoms with van der Waals surface area (Å²) in [5.41, 5.74) is 0.476. The zero-order chi connectivity index (χ0) is 13.0. The standard InChI is InChI=1S/C13H12N2O2S/c14-15-10-11-6-4-5-9-13(11)18(16,17)12-7-2-1-3-8-12/h1-10H,14H2. The molecule has 0 heterocycles. The first-order valence-electron chi connectivity index (χ1n) is 5.28. The minimum absolute atomic E-state index is 0.199. The lowest BCUT2D eigenvalue weighted by atomic mass is 10.2. The van der Waals surface area contributed by atoms with Gasteiger partial charge < -0.3 is 5.84 Å². The Kier molecular flexibility index (Phi) is 3.43. The fourth-order valence-electron chi connectivity index (χ4n) is 1.64. The van der Waals surface area contributed by atoms with Crippen LogP contribution in [-0.2, 0) is 9.84 Å². The molecular formula is C13H12N2O2S. The quantitative estimate of drug-likeness (QED) is 0.519. The van der Waals surface area contributed by atoms with Crippen LogP contribution in [0.3, 0.4) is 0 Å². The highest BCUT2D eigenvalue weighted by Crippen LogP contribution is 2.22. The van der Waals surface area contributed by atoms with Crippen molar-refractivity contribution in [3.8, 4) is 0 Å². The van der Waals surface area contributed by atoms with Crippen molar-refractivity contribution >= 4 is 16.1 Å². The van der Waals surface area contributed by atoms with E-state index in [0.29, 0.717) is 5.56 Å². The average Bonchev–Trinajstić information content (AvgIpc) is 2.41. The van der Waals surface area contributed by atoms with Crippen molar-refractivity contribution in [2.24, 2.45) is 10.9 Å². The number of hydrogen-bond acceptors (Lipinski definition) is 4. The lowest BCUT2D eigenvalue weighted by Gasteiger charge is -2.07. The lowest BCUT2D eigenvalue weighted by molar-refractivity contribution is 0.596. The molecule has 0 radical (unpaired) electrons. The van der Waals surface area contributed by atoms with E-state index in [4.69, 9.17) is 5.84 Å². The zero-order valence-corrected chi connectivity index (χ0v) is 10.3. The van der Waals surface area contributed by atoms with Gasteiger partial charge in [-0.05, 0) is 18.2 Å². The molecular weight excluding hydrogens is 248 g/mol. The molecule has 2 N–H and O–H groups in total. The topological polar surface area (TPSA) is 72.5 Å². The Morgan fingerprint density at radius 1 is 0.944 bits per heavy atom. The van der Waals surface area contributed by atoms with Crippen LogP contribution in [0.15, 0.2) is 69.5 Å². The van der Waals surface area contributed by atoms with E-state index in [1.807, 2.05) is 0 Å². The van der Waals surface area contributed by atoms with Crippen LogP contribution in [0.1, 0.15) is 5.56 Å². The normalized spacial score (nSPS) is 11.8. The minimum Gasteiger partial charge on any atom is -0.323 e. The molecule has 0 saturated carbocycles. The van der Waals surface area contributed by atoms with Gasteiger partial charge in [0, 0.05) is 5.56 Å². The number of hydrogen-bond donors (Lipinski definition) is 1. The van der Waals surface area contributed by atoms with Gasteiger partial charge in [-0.1, -0.05) is 36.4 Å². The van der Waals surface area contributed by atoms with E-state index < -0.39 is 9.84 Å². The van der Waals surface area contributed by atoms with Gasteiger partial charge in [-0.25, -0.2) is 8.42 Å². The van der Waals surface area contributed by atoms with E-state index in [0.717, 1.165) is 0 Å². The SMILES string of the molecule is NN=Cc1ccccc1S(=O)(=O)c1ccccc1. The molecule has 0 aliphatic rings. The second-order valence-corrected chi connectivity index (χ2v) is 5.55. The maximum atomic E-state index is 12.4. The predicted octanol–water partition coefficient (Wildman–Crippen LogP) is 1.81. The summed E-state index contributed by atoms with van der Waals surface area (Å²) in [5, 5.41) is 3.38. The van der Waals surface area contributed by atoms with Gasteiger partial charge in [-0.2, -0.15) is 5.10 Å². The third-order valence-electron chi connectivity index (χ3n) is 2.48. The summed E-state index contributed by atoms with van der Waals surface area (Å²) in [4.78, 5) is 0.452. The smallest absolute Gasteiger partial charge is 0.207 e. The van der Waals surface area contributed by atoms with Crippen LogP contribution in [0.2, 0.25) is 0 Å². The molecule has 0 aliphatic heterocycles. The Morgan fingerprint density at radius 2 is 1.56 bits per heavy atom. The molecule has 4 nitrogen and oxygen atoms in total. The number of hydrazone groups is 1. The molecule has 0 fully saturated rings. The van der Waals surface area contributed by atoms with Crippen LogP contribution in [0, 0.1) is 0 Å². The Labute approximate surface area is 106 Å². The lowest BCUT2D eigenvalue weighted by Crippen LogP contribution is -2.05. The van der Waals surface area contributed by atoms with Crippen LogP contribution in [-0.4, -0.2) is 14.6 Å². The van der Waals surface area contributed by atoms with Crippen LogP contribution < -0.4 is 5.84 Å². The number of benzene rings is 2. The van der Waals surface area contributed by atoms with Gasteiger partial charge in [-0.15, -0.1) is 0 Å². The molecule has 18 heavy (non-hydrogen) atoms. The first-order valence-corrected chi connectivity index (χ1v) is 6.77. The molecule has 5 heteroatoms. The third-order valence-corrected chi connectivity index (χ3v) is 4.32. The molecule has 2 rings (SSSR count). The van der Waals surface area contributed by atoms with Gasteiger partial charge in [0.15, 0.2) is 0 Å². The first kappa shape index (κ1) is 12.3. The highest BCUT2D eigenvalue weighted by molar-refractivity contribution is 7.91. The predicted molar refractivity (Wildman–Crippen MR) is 70.1 cm³/mol. The Bertz CT molecular complexity index is 664. The highest BCUT2D eigenvalue weighted by atomic mass is 32.2. The molecule has 0 bridgehead atoms. The summed E-state index contributed by atoms with van der Waals surface area (Å²) in [7, 11) is -3.54. The molecule has 0 aliphatic carbocycles. The van der Waals surface area contributed by atoms with Gasteiger partial charge in [0.25, 0.3) is 0 Å². The summed E-state index contributed by atoms with van der Waals surface area (Å²) < 4.78 is 24.9. The van der Waals surface area contributed by atoms with E-state index in [-0.39, 0.29) is 9.79 Å². The molecule has 0 atom stereocenters. The molecule has 0 spiro atoms. The van der Waals surface area contributed by atoms with Crippen LogP contribution in [0.25, 0.3) is 0 Å². The second kappa shape index (κ2) is 5.01. The van der Waals surface area contributed by atoms with Gasteiger partial charge in [0.2, 0.25) is 9.84 Å². The molecule has 0 unspecified atom stereocenters. The molecule has 92 valence electrons. The summed E-state index contributed by atoms with van der Waals surface area (Å²) in [6.07, 6.45) is 1.33.